The van der Waals surface area contributed by atoms with Crippen LogP contribution in [-0.4, -0.2) is 21.8 Å². The van der Waals surface area contributed by atoms with Gasteiger partial charge in [0.15, 0.2) is 11.5 Å². The molecule has 2 aromatic heterocycles. The van der Waals surface area contributed by atoms with Crippen molar-refractivity contribution in [2.24, 2.45) is 10.8 Å². The van der Waals surface area contributed by atoms with Crippen LogP contribution in [0.15, 0.2) is 43.5 Å². The minimum absolute atomic E-state index is 0.0172. The molecule has 0 saturated carbocycles. The zero-order valence-corrected chi connectivity index (χ0v) is 21.9. The number of carbonyl (C=O) groups excluding carboxylic acids is 2. The topological polar surface area (TPSA) is 135 Å². The van der Waals surface area contributed by atoms with E-state index in [2.05, 4.69) is 20.8 Å². The Bertz CT molecular complexity index is 1110. The van der Waals surface area contributed by atoms with E-state index in [-0.39, 0.29) is 53.8 Å². The van der Waals surface area contributed by atoms with Gasteiger partial charge in [-0.15, -0.1) is 0 Å². The summed E-state index contributed by atoms with van der Waals surface area (Å²) in [6, 6.07) is 0. The smallest absolute Gasteiger partial charge is 0.230 e. The van der Waals surface area contributed by atoms with E-state index >= 15 is 0 Å². The average Bonchev–Trinajstić information content (AvgIpc) is 2.82. The molecule has 198 valence electrons. The molecule has 8 nitrogen and oxygen atoms in total. The van der Waals surface area contributed by atoms with E-state index in [1.165, 1.54) is 12.5 Å². The molecule has 2 heterocycles. The predicted molar refractivity (Wildman–Crippen MR) is 135 cm³/mol. The number of hydrogen-bond donors (Lipinski definition) is 2. The fourth-order valence-corrected chi connectivity index (χ4v) is 4.04. The number of Topliss-reactive ketones (excluding diaryl/α,β-unsaturated/α-hetero) is 2. The third-order valence-electron chi connectivity index (χ3n) is 7.05. The van der Waals surface area contributed by atoms with E-state index in [1.807, 2.05) is 13.8 Å². The van der Waals surface area contributed by atoms with Gasteiger partial charge in [-0.25, -0.2) is 0 Å². The van der Waals surface area contributed by atoms with E-state index in [0.29, 0.717) is 12.8 Å². The molecular formula is C28H38O8. The second-order valence-corrected chi connectivity index (χ2v) is 11.1. The lowest BCUT2D eigenvalue weighted by atomic mass is 9.74. The molecule has 0 bridgehead atoms. The van der Waals surface area contributed by atoms with Crippen LogP contribution in [0.25, 0.3) is 0 Å². The molecule has 0 atom stereocenters. The van der Waals surface area contributed by atoms with Crippen LogP contribution < -0.4 is 10.9 Å². The molecule has 0 aromatic carbocycles. The van der Waals surface area contributed by atoms with Gasteiger partial charge < -0.3 is 19.0 Å². The number of rotatable bonds is 14. The van der Waals surface area contributed by atoms with Crippen molar-refractivity contribution in [2.75, 3.05) is 0 Å². The summed E-state index contributed by atoms with van der Waals surface area (Å²) < 4.78 is 10.2. The zero-order chi connectivity index (χ0) is 27.1. The van der Waals surface area contributed by atoms with Crippen molar-refractivity contribution in [1.82, 2.24) is 0 Å². The summed E-state index contributed by atoms with van der Waals surface area (Å²) >= 11 is 0. The highest BCUT2D eigenvalue weighted by atomic mass is 16.3. The molecule has 0 aliphatic carbocycles. The Labute approximate surface area is 211 Å². The Morgan fingerprint density at radius 2 is 1.17 bits per heavy atom. The van der Waals surface area contributed by atoms with Gasteiger partial charge in [0.05, 0.1) is 12.5 Å². The van der Waals surface area contributed by atoms with Crippen LogP contribution in [0.4, 0.5) is 0 Å². The summed E-state index contributed by atoms with van der Waals surface area (Å²) in [6.07, 6.45) is 7.78. The molecule has 2 aromatic rings. The summed E-state index contributed by atoms with van der Waals surface area (Å²) in [6.45, 7) is 10.2. The second kappa shape index (κ2) is 12.2. The van der Waals surface area contributed by atoms with E-state index in [0.717, 1.165) is 25.4 Å². The van der Waals surface area contributed by atoms with E-state index in [1.54, 1.807) is 0 Å². The highest BCUT2D eigenvalue weighted by molar-refractivity contribution is 5.86. The lowest BCUT2D eigenvalue weighted by Gasteiger charge is -2.29. The molecule has 2 rings (SSSR count). The lowest BCUT2D eigenvalue weighted by molar-refractivity contribution is -0.124. The number of aromatic hydroxyl groups is 2. The largest absolute Gasteiger partial charge is 0.502 e. The minimum atomic E-state index is -0.842. The molecule has 2 N–H and O–H groups in total. The van der Waals surface area contributed by atoms with Crippen molar-refractivity contribution in [1.29, 1.82) is 0 Å². The maximum Gasteiger partial charge on any atom is 0.230 e. The molecule has 0 fully saturated rings. The number of ketones is 2. The first-order chi connectivity index (χ1) is 16.8. The predicted octanol–water partition coefficient (Wildman–Crippen LogP) is 5.47. The molecule has 0 spiro atoms. The Hall–Kier alpha value is -3.16. The van der Waals surface area contributed by atoms with Crippen LogP contribution in [0.3, 0.4) is 0 Å². The van der Waals surface area contributed by atoms with Crippen LogP contribution in [0.5, 0.6) is 11.5 Å². The van der Waals surface area contributed by atoms with Crippen LogP contribution in [0.1, 0.15) is 103 Å². The Morgan fingerprint density at radius 3 is 1.58 bits per heavy atom. The summed E-state index contributed by atoms with van der Waals surface area (Å²) in [5, 5.41) is 19.7. The van der Waals surface area contributed by atoms with Crippen molar-refractivity contribution in [3.63, 3.8) is 0 Å². The molecule has 0 unspecified atom stereocenters. The fourth-order valence-electron chi connectivity index (χ4n) is 4.04. The maximum atomic E-state index is 12.6. The third kappa shape index (κ3) is 8.21. The van der Waals surface area contributed by atoms with Crippen molar-refractivity contribution >= 4 is 11.6 Å². The highest BCUT2D eigenvalue weighted by Gasteiger charge is 2.31. The third-order valence-corrected chi connectivity index (χ3v) is 7.05. The van der Waals surface area contributed by atoms with Crippen molar-refractivity contribution < 1.29 is 28.6 Å². The summed E-state index contributed by atoms with van der Waals surface area (Å²) in [5.74, 6) is -1.96. The molecule has 36 heavy (non-hydrogen) atoms. The summed E-state index contributed by atoms with van der Waals surface area (Å²) in [7, 11) is 0. The molecular weight excluding hydrogens is 464 g/mol. The SMILES string of the molecule is CCC(C)(C)CCC(=O)CCC(=O)CCC(C)(C)CC(c1cocc(O)c1=O)c1cocc(O)c1=O. The van der Waals surface area contributed by atoms with E-state index in [9.17, 15) is 29.4 Å². The Kier molecular flexibility index (Phi) is 9.85. The minimum Gasteiger partial charge on any atom is -0.502 e. The van der Waals surface area contributed by atoms with Gasteiger partial charge in [0.25, 0.3) is 0 Å². The summed E-state index contributed by atoms with van der Waals surface area (Å²) in [4.78, 5) is 50.0. The standard InChI is InChI=1S/C28H38O8/c1-6-27(2,3)11-9-18(29)7-8-19(30)10-12-28(4,5)13-20(21-14-35-16-23(31)25(21)33)22-15-36-17-24(32)26(22)34/h14-17,20,31-32H,6-13H2,1-5H3. The molecule has 0 aliphatic rings. The van der Waals surface area contributed by atoms with Gasteiger partial charge in [-0.2, -0.15) is 0 Å². The van der Waals surface area contributed by atoms with Crippen LogP contribution in [0.2, 0.25) is 0 Å². The van der Waals surface area contributed by atoms with E-state index < -0.39 is 33.7 Å². The Balaban J connectivity index is 2.09. The zero-order valence-electron chi connectivity index (χ0n) is 21.9. The van der Waals surface area contributed by atoms with Gasteiger partial charge in [0.2, 0.25) is 10.9 Å². The first-order valence-electron chi connectivity index (χ1n) is 12.4. The number of hydrogen-bond acceptors (Lipinski definition) is 8. The highest BCUT2D eigenvalue weighted by Crippen LogP contribution is 2.38. The second-order valence-electron chi connectivity index (χ2n) is 11.1. The molecule has 0 amide bonds. The maximum absolute atomic E-state index is 12.6. The van der Waals surface area contributed by atoms with Crippen molar-refractivity contribution in [3.8, 4) is 11.5 Å². The molecule has 8 heteroatoms. The van der Waals surface area contributed by atoms with Crippen LogP contribution in [-0.2, 0) is 9.59 Å². The van der Waals surface area contributed by atoms with Crippen LogP contribution in [0, 0.1) is 10.8 Å². The first kappa shape index (κ1) is 29.1. The van der Waals surface area contributed by atoms with Crippen molar-refractivity contribution in [2.45, 2.75) is 91.9 Å². The van der Waals surface area contributed by atoms with Gasteiger partial charge in [-0.1, -0.05) is 41.0 Å². The molecule has 0 aliphatic heterocycles. The van der Waals surface area contributed by atoms with Gasteiger partial charge in [-0.3, -0.25) is 19.2 Å². The van der Waals surface area contributed by atoms with E-state index in [4.69, 9.17) is 8.83 Å². The monoisotopic (exact) mass is 502 g/mol. The van der Waals surface area contributed by atoms with Crippen LogP contribution >= 0.6 is 0 Å². The Morgan fingerprint density at radius 1 is 0.750 bits per heavy atom. The lowest BCUT2D eigenvalue weighted by Crippen LogP contribution is -2.25. The van der Waals surface area contributed by atoms with Gasteiger partial charge in [-0.05, 0) is 30.1 Å². The van der Waals surface area contributed by atoms with Crippen molar-refractivity contribution in [3.05, 3.63) is 56.6 Å². The molecule has 0 saturated heterocycles. The van der Waals surface area contributed by atoms with Gasteiger partial charge in [0.1, 0.15) is 24.1 Å². The average molecular weight is 503 g/mol. The normalized spacial score (nSPS) is 12.2. The summed E-state index contributed by atoms with van der Waals surface area (Å²) in [5.41, 5.74) is -1.69. The fraction of sp³-hybridized carbons (Fsp3) is 0.571. The molecule has 0 radical (unpaired) electrons. The van der Waals surface area contributed by atoms with Gasteiger partial charge in [0, 0.05) is 42.7 Å². The first-order valence-corrected chi connectivity index (χ1v) is 12.4. The number of carbonyl (C=O) groups is 2. The quantitative estimate of drug-likeness (QED) is 0.347. The van der Waals surface area contributed by atoms with Gasteiger partial charge >= 0.3 is 0 Å².